The van der Waals surface area contributed by atoms with E-state index < -0.39 is 0 Å². The van der Waals surface area contributed by atoms with Gasteiger partial charge in [-0.3, -0.25) is 9.59 Å². The van der Waals surface area contributed by atoms with Crippen LogP contribution in [-0.2, 0) is 4.79 Å². The molecule has 0 radical (unpaired) electrons. The van der Waals surface area contributed by atoms with Crippen LogP contribution in [0.3, 0.4) is 0 Å². The van der Waals surface area contributed by atoms with Crippen molar-refractivity contribution in [1.82, 2.24) is 0 Å². The molecule has 0 saturated heterocycles. The van der Waals surface area contributed by atoms with Crippen molar-refractivity contribution in [3.8, 4) is 0 Å². The second-order valence-corrected chi connectivity index (χ2v) is 5.59. The minimum Gasteiger partial charge on any atom is -0.288 e. The Balaban J connectivity index is 2.38. The first-order chi connectivity index (χ1) is 9.40. The van der Waals surface area contributed by atoms with E-state index >= 15 is 0 Å². The van der Waals surface area contributed by atoms with Gasteiger partial charge in [-0.05, 0) is 60.5 Å². The quantitative estimate of drug-likeness (QED) is 0.735. The minimum atomic E-state index is -0.307. The predicted molar refractivity (Wildman–Crippen MR) is 83.3 cm³/mol. The lowest BCUT2D eigenvalue weighted by molar-refractivity contribution is -0.111. The summed E-state index contributed by atoms with van der Waals surface area (Å²) in [7, 11) is 0. The zero-order valence-corrected chi connectivity index (χ0v) is 13.1. The van der Waals surface area contributed by atoms with Gasteiger partial charge in [0.25, 0.3) is 5.91 Å². The van der Waals surface area contributed by atoms with Crippen LogP contribution in [0.2, 0.25) is 0 Å². The minimum absolute atomic E-state index is 0.0655. The van der Waals surface area contributed by atoms with E-state index in [9.17, 15) is 9.59 Å². The van der Waals surface area contributed by atoms with E-state index in [4.69, 9.17) is 0 Å². The van der Waals surface area contributed by atoms with Gasteiger partial charge in [0.15, 0.2) is 5.78 Å². The molecule has 0 N–H and O–H groups in total. The normalized spacial score (nSPS) is 17.5. The smallest absolute Gasteiger partial charge is 0.277 e. The van der Waals surface area contributed by atoms with Crippen LogP contribution >= 0.6 is 15.9 Å². The van der Waals surface area contributed by atoms with Gasteiger partial charge in [0, 0.05) is 11.1 Å². The third-order valence-corrected chi connectivity index (χ3v) is 3.88. The average Bonchev–Trinajstić information content (AvgIpc) is 2.43. The van der Waals surface area contributed by atoms with Crippen LogP contribution in [0, 0.1) is 6.92 Å². The lowest BCUT2D eigenvalue weighted by atomic mass is 9.97. The Kier molecular flexibility index (Phi) is 4.14. The lowest BCUT2D eigenvalue weighted by Gasteiger charge is -2.13. The number of allylic oxidation sites excluding steroid dienone is 4. The number of rotatable bonds is 1. The predicted octanol–water partition coefficient (Wildman–Crippen LogP) is 3.77. The van der Waals surface area contributed by atoms with Gasteiger partial charge in [-0.1, -0.05) is 17.7 Å². The van der Waals surface area contributed by atoms with Crippen LogP contribution in [0.5, 0.6) is 0 Å². The number of halogens is 1. The molecule has 0 spiro atoms. The summed E-state index contributed by atoms with van der Waals surface area (Å²) in [6.07, 6.45) is 1.59. The van der Waals surface area contributed by atoms with Gasteiger partial charge < -0.3 is 0 Å². The van der Waals surface area contributed by atoms with Crippen molar-refractivity contribution >= 4 is 33.3 Å². The van der Waals surface area contributed by atoms with Gasteiger partial charge >= 0.3 is 0 Å². The summed E-state index contributed by atoms with van der Waals surface area (Å²) in [6.45, 7) is 5.49. The van der Waals surface area contributed by atoms with Gasteiger partial charge in [0.1, 0.15) is 0 Å². The molecular weight excluding hydrogens is 318 g/mol. The fourth-order valence-electron chi connectivity index (χ4n) is 1.82. The number of ketones is 1. The molecule has 2 rings (SSSR count). The highest BCUT2D eigenvalue weighted by molar-refractivity contribution is 9.12. The molecule has 4 heteroatoms. The van der Waals surface area contributed by atoms with E-state index in [-0.39, 0.29) is 11.7 Å². The zero-order chi connectivity index (χ0) is 14.9. The molecule has 1 aliphatic rings. The summed E-state index contributed by atoms with van der Waals surface area (Å²) in [6, 6.07) is 7.25. The molecular formula is C16H14BrNO2. The molecule has 1 aliphatic carbocycles. The molecule has 0 bridgehead atoms. The largest absolute Gasteiger partial charge is 0.288 e. The lowest BCUT2D eigenvalue weighted by Crippen LogP contribution is -2.15. The molecule has 0 aliphatic heterocycles. The van der Waals surface area contributed by atoms with E-state index in [1.807, 2.05) is 19.1 Å². The molecule has 0 aromatic heterocycles. The van der Waals surface area contributed by atoms with Crippen LogP contribution in [0.1, 0.15) is 29.8 Å². The summed E-state index contributed by atoms with van der Waals surface area (Å²) < 4.78 is 0.427. The molecule has 0 fully saturated rings. The number of hydrogen-bond acceptors (Lipinski definition) is 2. The maximum absolute atomic E-state index is 12.1. The number of amides is 1. The molecule has 1 aromatic rings. The number of aryl methyl sites for hydroxylation is 1. The summed E-state index contributed by atoms with van der Waals surface area (Å²) in [5, 5.41) is 0. The van der Waals surface area contributed by atoms with Crippen molar-refractivity contribution in [2.75, 3.05) is 0 Å². The third-order valence-electron chi connectivity index (χ3n) is 3.29. The fraction of sp³-hybridized carbons (Fsp3) is 0.188. The van der Waals surface area contributed by atoms with E-state index in [0.717, 1.165) is 11.1 Å². The topological polar surface area (TPSA) is 46.5 Å². The van der Waals surface area contributed by atoms with Crippen LogP contribution in [0.25, 0.3) is 0 Å². The molecule has 0 unspecified atom stereocenters. The zero-order valence-electron chi connectivity index (χ0n) is 11.5. The molecule has 0 heterocycles. The van der Waals surface area contributed by atoms with Crippen LogP contribution in [-0.4, -0.2) is 17.4 Å². The van der Waals surface area contributed by atoms with E-state index in [1.54, 1.807) is 32.1 Å². The molecule has 1 amide bonds. The summed E-state index contributed by atoms with van der Waals surface area (Å²) in [4.78, 5) is 28.0. The van der Waals surface area contributed by atoms with Gasteiger partial charge in [-0.15, -0.1) is 0 Å². The fourth-order valence-corrected chi connectivity index (χ4v) is 2.34. The maximum Gasteiger partial charge on any atom is 0.277 e. The third kappa shape index (κ3) is 2.85. The molecule has 1 aromatic carbocycles. The van der Waals surface area contributed by atoms with Gasteiger partial charge in [-0.25, -0.2) is 4.99 Å². The van der Waals surface area contributed by atoms with Crippen LogP contribution < -0.4 is 0 Å². The highest BCUT2D eigenvalue weighted by atomic mass is 79.9. The molecule has 3 nitrogen and oxygen atoms in total. The summed E-state index contributed by atoms with van der Waals surface area (Å²) in [5.74, 6) is -0.373. The van der Waals surface area contributed by atoms with Crippen molar-refractivity contribution < 1.29 is 9.59 Å². The van der Waals surface area contributed by atoms with Crippen molar-refractivity contribution in [1.29, 1.82) is 0 Å². The Morgan fingerprint density at radius 1 is 1.05 bits per heavy atom. The van der Waals surface area contributed by atoms with E-state index in [1.165, 1.54) is 0 Å². The molecule has 20 heavy (non-hydrogen) atoms. The van der Waals surface area contributed by atoms with E-state index in [2.05, 4.69) is 20.9 Å². The molecule has 102 valence electrons. The number of carbonyl (C=O) groups excluding carboxylic acids is 2. The Bertz CT molecular complexity index is 679. The van der Waals surface area contributed by atoms with Crippen molar-refractivity contribution in [3.05, 3.63) is 57.1 Å². The highest BCUT2D eigenvalue weighted by Crippen LogP contribution is 2.23. The van der Waals surface area contributed by atoms with E-state index in [0.29, 0.717) is 21.3 Å². The number of hydrogen-bond donors (Lipinski definition) is 0. The molecule has 0 atom stereocenters. The van der Waals surface area contributed by atoms with Gasteiger partial charge in [-0.2, -0.15) is 0 Å². The molecule has 0 saturated carbocycles. The highest BCUT2D eigenvalue weighted by Gasteiger charge is 2.20. The summed E-state index contributed by atoms with van der Waals surface area (Å²) in [5.41, 5.74) is 3.50. The number of nitrogens with zero attached hydrogens (tertiary/aromatic N) is 1. The first-order valence-electron chi connectivity index (χ1n) is 6.19. The Hall–Kier alpha value is -1.81. The first kappa shape index (κ1) is 14.6. The average molecular weight is 332 g/mol. The summed E-state index contributed by atoms with van der Waals surface area (Å²) >= 11 is 3.20. The monoisotopic (exact) mass is 331 g/mol. The number of benzene rings is 1. The number of aliphatic imine (C=N–C) groups is 1. The Labute approximate surface area is 126 Å². The number of carbonyl (C=O) groups is 2. The van der Waals surface area contributed by atoms with Crippen LogP contribution in [0.15, 0.2) is 51.0 Å². The van der Waals surface area contributed by atoms with Crippen molar-refractivity contribution in [2.45, 2.75) is 20.8 Å². The van der Waals surface area contributed by atoms with Crippen LogP contribution in [0.4, 0.5) is 0 Å². The Morgan fingerprint density at radius 2 is 1.65 bits per heavy atom. The Morgan fingerprint density at radius 3 is 2.25 bits per heavy atom. The second kappa shape index (κ2) is 5.67. The first-order valence-corrected chi connectivity index (χ1v) is 6.99. The standard InChI is InChI=1S/C16H14BrNO2/c1-9-4-6-12(7-5-9)16(20)18-14-8-13(17)15(19)11(3)10(14)2/h4-8H,1-3H3. The number of Topliss-reactive ketones (excluding diaryl/α,β-unsaturated/α-hetero) is 1. The van der Waals surface area contributed by atoms with Crippen molar-refractivity contribution in [3.63, 3.8) is 0 Å². The second-order valence-electron chi connectivity index (χ2n) is 4.74. The maximum atomic E-state index is 12.1. The van der Waals surface area contributed by atoms with Crippen molar-refractivity contribution in [2.24, 2.45) is 4.99 Å². The van der Waals surface area contributed by atoms with Gasteiger partial charge in [0.2, 0.25) is 0 Å². The SMILES string of the molecule is CC1=C(C)C(=NC(=O)c2ccc(C)cc2)C=C(Br)C1=O. The van der Waals surface area contributed by atoms with Gasteiger partial charge in [0.05, 0.1) is 10.2 Å².